The fourth-order valence-electron chi connectivity index (χ4n) is 2.22. The number of ether oxygens (including phenoxy) is 1. The van der Waals surface area contributed by atoms with Gasteiger partial charge in [-0.3, -0.25) is 9.59 Å². The summed E-state index contributed by atoms with van der Waals surface area (Å²) in [5.74, 6) is 1.12. The predicted octanol–water partition coefficient (Wildman–Crippen LogP) is 3.20. The first-order valence-corrected chi connectivity index (χ1v) is 9.41. The molecule has 5 nitrogen and oxygen atoms in total. The van der Waals surface area contributed by atoms with E-state index in [1.54, 1.807) is 26.2 Å². The number of carbonyl (C=O) groups is 2. The molecule has 2 amide bonds. The SMILES string of the molecule is CCOc1ccc(SCC(=O)NCc2ccc(C(=O)N(C)C)cc2)cc1. The maximum atomic E-state index is 12.0. The van der Waals surface area contributed by atoms with Gasteiger partial charge in [-0.05, 0) is 48.9 Å². The summed E-state index contributed by atoms with van der Waals surface area (Å²) in [4.78, 5) is 26.4. The van der Waals surface area contributed by atoms with Gasteiger partial charge in [0.2, 0.25) is 5.91 Å². The first-order chi connectivity index (χ1) is 12.5. The molecule has 0 saturated carbocycles. The van der Waals surface area contributed by atoms with Gasteiger partial charge in [-0.15, -0.1) is 11.8 Å². The molecule has 0 saturated heterocycles. The highest BCUT2D eigenvalue weighted by molar-refractivity contribution is 8.00. The third-order valence-electron chi connectivity index (χ3n) is 3.60. The largest absolute Gasteiger partial charge is 0.494 e. The number of nitrogens with one attached hydrogen (secondary N) is 1. The van der Waals surface area contributed by atoms with Crippen molar-refractivity contribution in [2.45, 2.75) is 18.4 Å². The van der Waals surface area contributed by atoms with Crippen LogP contribution < -0.4 is 10.1 Å². The van der Waals surface area contributed by atoms with E-state index in [0.29, 0.717) is 24.5 Å². The van der Waals surface area contributed by atoms with Crippen molar-refractivity contribution in [2.75, 3.05) is 26.5 Å². The Balaban J connectivity index is 1.77. The molecule has 0 spiro atoms. The summed E-state index contributed by atoms with van der Waals surface area (Å²) in [7, 11) is 3.44. The monoisotopic (exact) mass is 372 g/mol. The minimum absolute atomic E-state index is 0.0303. The molecule has 2 rings (SSSR count). The van der Waals surface area contributed by atoms with Gasteiger partial charge >= 0.3 is 0 Å². The van der Waals surface area contributed by atoms with Gasteiger partial charge in [0.1, 0.15) is 5.75 Å². The fourth-order valence-corrected chi connectivity index (χ4v) is 2.95. The molecule has 2 aromatic carbocycles. The standard InChI is InChI=1S/C20H24N2O3S/c1-4-25-17-9-11-18(12-10-17)26-14-19(23)21-13-15-5-7-16(8-6-15)20(24)22(2)3/h5-12H,4,13-14H2,1-3H3,(H,21,23). The fraction of sp³-hybridized carbons (Fsp3) is 0.300. The van der Waals surface area contributed by atoms with Crippen LogP contribution in [0.4, 0.5) is 0 Å². The Kier molecular flexibility index (Phi) is 7.53. The topological polar surface area (TPSA) is 58.6 Å². The number of benzene rings is 2. The van der Waals surface area contributed by atoms with Gasteiger partial charge in [-0.25, -0.2) is 0 Å². The van der Waals surface area contributed by atoms with Gasteiger partial charge in [0.05, 0.1) is 12.4 Å². The second kappa shape index (κ2) is 9.87. The maximum Gasteiger partial charge on any atom is 0.253 e. The molecule has 0 radical (unpaired) electrons. The number of hydrogen-bond acceptors (Lipinski definition) is 4. The first kappa shape index (κ1) is 19.8. The molecule has 0 aliphatic carbocycles. The molecule has 0 aliphatic heterocycles. The minimum Gasteiger partial charge on any atom is -0.494 e. The summed E-state index contributed by atoms with van der Waals surface area (Å²) in [5, 5.41) is 2.89. The van der Waals surface area contributed by atoms with Crippen LogP contribution in [0.15, 0.2) is 53.4 Å². The third-order valence-corrected chi connectivity index (χ3v) is 4.61. The Morgan fingerprint density at radius 2 is 1.69 bits per heavy atom. The highest BCUT2D eigenvalue weighted by atomic mass is 32.2. The Hall–Kier alpha value is -2.47. The summed E-state index contributed by atoms with van der Waals surface area (Å²) in [6.07, 6.45) is 0. The van der Waals surface area contributed by atoms with Gasteiger partial charge in [-0.2, -0.15) is 0 Å². The van der Waals surface area contributed by atoms with Crippen molar-refractivity contribution in [1.29, 1.82) is 0 Å². The van der Waals surface area contributed by atoms with Crippen LogP contribution in [0, 0.1) is 0 Å². The lowest BCUT2D eigenvalue weighted by Crippen LogP contribution is -2.24. The zero-order chi connectivity index (χ0) is 18.9. The van der Waals surface area contributed by atoms with Gasteiger partial charge in [-0.1, -0.05) is 12.1 Å². The molecule has 1 N–H and O–H groups in total. The number of rotatable bonds is 8. The lowest BCUT2D eigenvalue weighted by atomic mass is 10.1. The molecule has 0 atom stereocenters. The Morgan fingerprint density at radius 3 is 2.27 bits per heavy atom. The minimum atomic E-state index is -0.0349. The van der Waals surface area contributed by atoms with Crippen LogP contribution in [0.5, 0.6) is 5.75 Å². The van der Waals surface area contributed by atoms with E-state index in [1.165, 1.54) is 16.7 Å². The van der Waals surface area contributed by atoms with E-state index in [9.17, 15) is 9.59 Å². The number of carbonyl (C=O) groups excluding carboxylic acids is 2. The van der Waals surface area contributed by atoms with E-state index in [2.05, 4.69) is 5.32 Å². The highest BCUT2D eigenvalue weighted by Crippen LogP contribution is 2.21. The molecule has 26 heavy (non-hydrogen) atoms. The summed E-state index contributed by atoms with van der Waals surface area (Å²) in [6, 6.07) is 15.0. The lowest BCUT2D eigenvalue weighted by Gasteiger charge is -2.11. The van der Waals surface area contributed by atoms with Crippen molar-refractivity contribution >= 4 is 23.6 Å². The van der Waals surface area contributed by atoms with Crippen LogP contribution in [0.25, 0.3) is 0 Å². The molecule has 0 bridgehead atoms. The summed E-state index contributed by atoms with van der Waals surface area (Å²) < 4.78 is 5.40. The van der Waals surface area contributed by atoms with Gasteiger partial charge in [0.25, 0.3) is 5.91 Å². The lowest BCUT2D eigenvalue weighted by molar-refractivity contribution is -0.118. The van der Waals surface area contributed by atoms with Crippen molar-refractivity contribution in [3.8, 4) is 5.75 Å². The number of thioether (sulfide) groups is 1. The van der Waals surface area contributed by atoms with Gasteiger partial charge in [0, 0.05) is 31.1 Å². The van der Waals surface area contributed by atoms with E-state index >= 15 is 0 Å². The maximum absolute atomic E-state index is 12.0. The highest BCUT2D eigenvalue weighted by Gasteiger charge is 2.08. The van der Waals surface area contributed by atoms with E-state index < -0.39 is 0 Å². The van der Waals surface area contributed by atoms with Crippen molar-refractivity contribution < 1.29 is 14.3 Å². The number of hydrogen-bond donors (Lipinski definition) is 1. The average molecular weight is 372 g/mol. The van der Waals surface area contributed by atoms with Crippen LogP contribution in [-0.2, 0) is 11.3 Å². The molecule has 6 heteroatoms. The van der Waals surface area contributed by atoms with E-state index in [4.69, 9.17) is 4.74 Å². The third kappa shape index (κ3) is 6.11. The molecule has 0 fully saturated rings. The molecule has 0 unspecified atom stereocenters. The van der Waals surface area contributed by atoms with Crippen molar-refractivity contribution in [1.82, 2.24) is 10.2 Å². The average Bonchev–Trinajstić information content (AvgIpc) is 2.66. The van der Waals surface area contributed by atoms with Crippen molar-refractivity contribution in [3.63, 3.8) is 0 Å². The Bertz CT molecular complexity index is 728. The van der Waals surface area contributed by atoms with Crippen LogP contribution in [-0.4, -0.2) is 43.2 Å². The quantitative estimate of drug-likeness (QED) is 0.723. The van der Waals surface area contributed by atoms with Gasteiger partial charge < -0.3 is 15.0 Å². The number of amides is 2. The van der Waals surface area contributed by atoms with Crippen LogP contribution in [0.3, 0.4) is 0 Å². The molecule has 0 aromatic heterocycles. The van der Waals surface area contributed by atoms with Crippen molar-refractivity contribution in [3.05, 3.63) is 59.7 Å². The Labute approximate surface area is 158 Å². The second-order valence-electron chi connectivity index (χ2n) is 5.87. The van der Waals surface area contributed by atoms with E-state index in [0.717, 1.165) is 16.2 Å². The molecule has 0 heterocycles. The summed E-state index contributed by atoms with van der Waals surface area (Å²) in [5.41, 5.74) is 1.59. The summed E-state index contributed by atoms with van der Waals surface area (Å²) in [6.45, 7) is 3.03. The molecule has 138 valence electrons. The summed E-state index contributed by atoms with van der Waals surface area (Å²) >= 11 is 1.48. The second-order valence-corrected chi connectivity index (χ2v) is 6.92. The van der Waals surface area contributed by atoms with Crippen molar-refractivity contribution in [2.24, 2.45) is 0 Å². The normalized spacial score (nSPS) is 10.3. The van der Waals surface area contributed by atoms with E-state index in [1.807, 2.05) is 43.3 Å². The van der Waals surface area contributed by atoms with E-state index in [-0.39, 0.29) is 11.8 Å². The first-order valence-electron chi connectivity index (χ1n) is 8.42. The molecule has 2 aromatic rings. The zero-order valence-corrected chi connectivity index (χ0v) is 16.1. The predicted molar refractivity (Wildman–Crippen MR) is 105 cm³/mol. The van der Waals surface area contributed by atoms with Crippen LogP contribution in [0.1, 0.15) is 22.8 Å². The van der Waals surface area contributed by atoms with Crippen LogP contribution >= 0.6 is 11.8 Å². The zero-order valence-electron chi connectivity index (χ0n) is 15.3. The number of nitrogens with zero attached hydrogens (tertiary/aromatic N) is 1. The smallest absolute Gasteiger partial charge is 0.253 e. The van der Waals surface area contributed by atoms with Crippen LogP contribution in [0.2, 0.25) is 0 Å². The van der Waals surface area contributed by atoms with Gasteiger partial charge in [0.15, 0.2) is 0 Å². The molecular weight excluding hydrogens is 348 g/mol. The molecule has 0 aliphatic rings. The Morgan fingerprint density at radius 1 is 1.04 bits per heavy atom. The molecular formula is C20H24N2O3S.